The van der Waals surface area contributed by atoms with E-state index in [0.717, 1.165) is 38.4 Å². The molecule has 0 aromatic carbocycles. The molecule has 0 aromatic heterocycles. The molecule has 72 nitrogen and oxygen atoms in total. The first-order chi connectivity index (χ1) is 34.0. The molecular formula is C8H18La4N18O54PtRu-2. The predicted octanol–water partition coefficient (Wildman–Crippen LogP) is -7.50. The van der Waals surface area contributed by atoms with Gasteiger partial charge in [0.2, 0.25) is 0 Å². The Kier molecular flexibility index (Phi) is 416. The molecule has 0 amide bonds. The molecule has 0 fully saturated rings. The smallest absolute Gasteiger partial charge is 0.550 e. The number of nitrogens with zero attached hydrogens (tertiary/aromatic N) is 16. The van der Waals surface area contributed by atoms with Gasteiger partial charge in [0.05, 0.1) is 71.2 Å². The molecule has 496 valence electrons. The van der Waals surface area contributed by atoms with Crippen LogP contribution in [0.2, 0.25) is 0 Å². The summed E-state index contributed by atoms with van der Waals surface area (Å²) in [4.78, 5) is 167. The fourth-order valence-electron chi connectivity index (χ4n) is 0. The molecule has 0 aliphatic carbocycles. The molecule has 0 saturated heterocycles. The molecule has 0 heterocycles. The third kappa shape index (κ3) is 5790. The maximum atomic E-state index is 8.89. The monoisotopic (exact) mass is 2080 g/mol. The van der Waals surface area contributed by atoms with Crippen molar-refractivity contribution in [1.29, 1.82) is 0 Å². The topological polar surface area (TPSA) is 1260 Å². The van der Waals surface area contributed by atoms with Crippen LogP contribution in [0.4, 0.5) is 0 Å². The molecule has 0 saturated carbocycles. The maximum Gasteiger partial charge on any atom is 4.00 e. The molecule has 0 aliphatic heterocycles. The molecule has 0 aliphatic rings. The van der Waals surface area contributed by atoms with Crippen molar-refractivity contribution in [2.75, 3.05) is 0 Å². The van der Waals surface area contributed by atoms with E-state index < -0.39 is 95.1 Å². The summed E-state index contributed by atoms with van der Waals surface area (Å²) in [6.07, 6.45) is 0. The van der Waals surface area contributed by atoms with Gasteiger partial charge in [0.25, 0.3) is 0 Å². The van der Waals surface area contributed by atoms with E-state index in [9.17, 15) is 0 Å². The van der Waals surface area contributed by atoms with Gasteiger partial charge in [-0.25, -0.2) is 0 Å². The molecule has 0 aromatic rings. The second kappa shape index (κ2) is 193. The Balaban J connectivity index is -0.0000000158. The average molecular weight is 2080 g/mol. The van der Waals surface area contributed by atoms with Gasteiger partial charge in [-0.3, -0.25) is 0 Å². The van der Waals surface area contributed by atoms with Gasteiger partial charge in [0, 0.05) is 23.9 Å². The Labute approximate surface area is 597 Å². The predicted molar refractivity (Wildman–Crippen MR) is 216 cm³/mol. The van der Waals surface area contributed by atoms with E-state index >= 15 is 0 Å². The van der Waals surface area contributed by atoms with Crippen LogP contribution in [0.3, 0.4) is 0 Å². The first kappa shape index (κ1) is 185. The van der Waals surface area contributed by atoms with E-state index in [1.807, 2.05) is 0 Å². The third-order valence-electron chi connectivity index (χ3n) is 0. The zero-order valence-electron chi connectivity index (χ0n) is 39.6. The van der Waals surface area contributed by atoms with Crippen molar-refractivity contribution in [3.63, 3.8) is 0 Å². The van der Waals surface area contributed by atoms with Crippen molar-refractivity contribution >= 4 is 23.9 Å². The Bertz CT molecular complexity index is 1090. The quantitative estimate of drug-likeness (QED) is 0.0984. The molecule has 0 rings (SSSR count). The molecular weight excluding hydrogens is 2060 g/mol. The van der Waals surface area contributed by atoms with Gasteiger partial charge in [-0.15, -0.1) is 10.7 Å². The summed E-state index contributed by atoms with van der Waals surface area (Å²) >= 11 is 0. The molecule has 78 heteroatoms. The van der Waals surface area contributed by atoms with Crippen LogP contribution in [0, 0.1) is 377 Å². The number of carbonyl (C=O) groups is 4. The van der Waals surface area contributed by atoms with E-state index in [4.69, 9.17) is 274 Å². The molecule has 86 heavy (non-hydrogen) atoms. The summed E-state index contributed by atoms with van der Waals surface area (Å²) in [6, 6.07) is 0. The van der Waals surface area contributed by atoms with E-state index in [1.54, 1.807) is 0 Å². The van der Waals surface area contributed by atoms with Gasteiger partial charge >= 0.3 is 183 Å². The van der Waals surface area contributed by atoms with Gasteiger partial charge in [-0.2, -0.15) is 0 Å². The SMILES string of the molecule is CC(=O)[O-].CC(=O)[O-].CC(=O)[O-].CC(=O)[O-].N.N.O=N[O-].O=N[O-].O=[N+]([O-])[O-].O=[N+]([O-])[O-].O=[N+]([O-])[O-].O=[N+]([O-])[O-].O=[N+]([O-])[O-].O=[N+]([O-])[O-].O=[N+]([O-])[O-].O=[N+]([O-])[O-].O=[N+]([O-])[O-].O=[N+]([O-])[O-].O=[N+]([O-])[O-].O=[N+]([O-])[O-].O=[N+]([O-])[O-].O=[N+]([O-])[O-].[La+3].[La+3].[La+3].[La+3].[Pt+2].[Ru+4]. The van der Waals surface area contributed by atoms with Crippen LogP contribution < -0.4 is 32.7 Å². The van der Waals surface area contributed by atoms with E-state index in [-0.39, 0.29) is 195 Å². The fraction of sp³-hybridized carbons (Fsp3) is 0.500. The normalized spacial score (nSPS) is 5.35. The third-order valence-corrected chi connectivity index (χ3v) is 0. The maximum absolute atomic E-state index is 8.89. The summed E-state index contributed by atoms with van der Waals surface area (Å²) in [5, 5.41) is 260. The van der Waals surface area contributed by atoms with Gasteiger partial charge in [-0.1, -0.05) is 0 Å². The number of hydrogen-bond acceptors (Lipinski definition) is 58. The first-order valence-electron chi connectivity index (χ1n) is 12.0. The largest absolute Gasteiger partial charge is 4.00 e. The number of hydrogen-bond donors (Lipinski definition) is 2. The first-order valence-corrected chi connectivity index (χ1v) is 12.0. The van der Waals surface area contributed by atoms with Crippen LogP contribution in [0.5, 0.6) is 0 Å². The molecule has 6 N–H and O–H groups in total. The van der Waals surface area contributed by atoms with Crippen LogP contribution in [0.15, 0.2) is 10.7 Å². The molecule has 0 bridgehead atoms. The van der Waals surface area contributed by atoms with Crippen molar-refractivity contribution < 1.29 is 294 Å². The number of carboxylic acids is 4. The van der Waals surface area contributed by atoms with Crippen molar-refractivity contribution in [2.24, 2.45) is 10.7 Å². The molecule has 0 unspecified atom stereocenters. The summed E-state index contributed by atoms with van der Waals surface area (Å²) in [5.41, 5.74) is 0. The second-order valence-corrected chi connectivity index (χ2v) is 5.25. The van der Waals surface area contributed by atoms with E-state index in [1.165, 1.54) is 0 Å². The zero-order chi connectivity index (χ0) is 69.8. The van der Waals surface area contributed by atoms with Gasteiger partial charge in [0.1, 0.15) is 0 Å². The Hall–Kier alpha value is -8.51. The summed E-state index contributed by atoms with van der Waals surface area (Å²) in [5.74, 6) is -4.33. The Morgan fingerprint density at radius 2 is 0.233 bits per heavy atom. The zero-order valence-corrected chi connectivity index (χ0v) is 58.1. The van der Waals surface area contributed by atoms with Gasteiger partial charge in [0.15, 0.2) is 0 Å². The second-order valence-electron chi connectivity index (χ2n) is 5.25. The Morgan fingerprint density at radius 1 is 0.233 bits per heavy atom. The number of aliphatic carboxylic acids is 4. The number of rotatable bonds is 0. The molecule has 0 spiro atoms. The summed E-state index contributed by atoms with van der Waals surface area (Å²) in [7, 11) is 0. The van der Waals surface area contributed by atoms with Crippen molar-refractivity contribution in [2.45, 2.75) is 27.7 Å². The minimum absolute atomic E-state index is 0. The Morgan fingerprint density at radius 3 is 0.233 bits per heavy atom. The summed E-state index contributed by atoms with van der Waals surface area (Å²) in [6.45, 7) is 3.89. The van der Waals surface area contributed by atoms with Crippen LogP contribution in [-0.4, -0.2) is 95.1 Å². The van der Waals surface area contributed by atoms with Crippen molar-refractivity contribution in [3.8, 4) is 0 Å². The molecule has 0 radical (unpaired) electrons. The minimum atomic E-state index is -1.75. The van der Waals surface area contributed by atoms with Crippen molar-refractivity contribution in [1.82, 2.24) is 12.3 Å². The van der Waals surface area contributed by atoms with Crippen LogP contribution in [0.25, 0.3) is 0 Å². The van der Waals surface area contributed by atoms with Crippen LogP contribution >= 0.6 is 0 Å². The average Bonchev–Trinajstić information content (AvgIpc) is 3.00. The van der Waals surface area contributed by atoms with Crippen LogP contribution in [-0.2, 0) is 59.7 Å². The molecule has 0 atom stereocenters. The van der Waals surface area contributed by atoms with E-state index in [2.05, 4.69) is 0 Å². The van der Waals surface area contributed by atoms with E-state index in [0.29, 0.717) is 0 Å². The number of carbonyl (C=O) groups excluding carboxylic acids is 4. The van der Waals surface area contributed by atoms with Gasteiger partial charge < -0.3 is 287 Å². The summed E-state index contributed by atoms with van der Waals surface area (Å²) < 4.78 is 0. The minimum Gasteiger partial charge on any atom is -0.550 e. The van der Waals surface area contributed by atoms with Crippen molar-refractivity contribution in [3.05, 3.63) is 235 Å². The number of carboxylic acid groups (broad SMARTS) is 4. The van der Waals surface area contributed by atoms with Crippen LogP contribution in [0.1, 0.15) is 27.7 Å². The fourth-order valence-corrected chi connectivity index (χ4v) is 0. The standard InChI is InChI=1S/4C2H4O2.4La.14NO3.2HNO2.2H3N.Pt.Ru/c4*1-2(3)4;;;;;14*2-1(3)4;2*2-1-3;;;;/h4*1H3,(H,3,4);;;;;;;;;;;;;;;;;;;2*(H,2,3);2*1H3;;/q;;;;4*+3;14*-1;;;;;+2;+4/p-6. The van der Waals surface area contributed by atoms with Gasteiger partial charge in [-0.05, 0) is 27.7 Å².